The summed E-state index contributed by atoms with van der Waals surface area (Å²) in [5, 5.41) is 0. The molecule has 3 aromatic rings. The fourth-order valence-electron chi connectivity index (χ4n) is 6.14. The van der Waals surface area contributed by atoms with Crippen LogP contribution in [0.15, 0.2) is 36.7 Å². The van der Waals surface area contributed by atoms with E-state index in [2.05, 4.69) is 4.98 Å². The fourth-order valence-corrected chi connectivity index (χ4v) is 6.79. The maximum absolute atomic E-state index is 14.1. The van der Waals surface area contributed by atoms with Crippen LogP contribution in [0.5, 0.6) is 0 Å². The zero-order valence-corrected chi connectivity index (χ0v) is 28.3. The standard InChI is InChI=1S/C33H45N5O8S/c1-4-43-13-14-45-17-18-46-16-15-44-12-9-31(39)36-23-33(24-36)26-8-10-34-21-29(26)38(32(33)40)22-30-35-27-20-25(2)6-7-28(27)37(30)11-5-19-47(3,41)42/h6-8,10,20-21H,4-5,9,11-19,22-24H2,1-3H3. The molecule has 2 aliphatic rings. The van der Waals surface area contributed by atoms with E-state index in [0.717, 1.165) is 22.2 Å². The van der Waals surface area contributed by atoms with Crippen molar-refractivity contribution in [2.24, 2.45) is 0 Å². The number of anilines is 1. The molecule has 13 nitrogen and oxygen atoms in total. The van der Waals surface area contributed by atoms with Crippen molar-refractivity contribution in [3.63, 3.8) is 0 Å². The van der Waals surface area contributed by atoms with Crippen LogP contribution in [0.1, 0.15) is 36.7 Å². The van der Waals surface area contributed by atoms with Gasteiger partial charge in [-0.1, -0.05) is 6.07 Å². The Bertz CT molecular complexity index is 1650. The van der Waals surface area contributed by atoms with Gasteiger partial charge in [0.2, 0.25) is 11.8 Å². The first-order chi connectivity index (χ1) is 22.6. The van der Waals surface area contributed by atoms with Crippen molar-refractivity contribution in [1.29, 1.82) is 0 Å². The average Bonchev–Trinajstić information content (AvgIpc) is 3.47. The molecule has 2 aliphatic heterocycles. The number of amides is 2. The summed E-state index contributed by atoms with van der Waals surface area (Å²) in [6, 6.07) is 7.83. The normalized spacial score (nSPS) is 15.5. The number of ether oxygens (including phenoxy) is 4. The first-order valence-electron chi connectivity index (χ1n) is 16.1. The lowest BCUT2D eigenvalue weighted by Gasteiger charge is -2.46. The van der Waals surface area contributed by atoms with E-state index in [4.69, 9.17) is 23.9 Å². The molecule has 2 amide bonds. The van der Waals surface area contributed by atoms with Crippen LogP contribution in [0.4, 0.5) is 5.69 Å². The highest BCUT2D eigenvalue weighted by molar-refractivity contribution is 7.90. The molecule has 0 saturated carbocycles. The van der Waals surface area contributed by atoms with Gasteiger partial charge in [-0.15, -0.1) is 0 Å². The number of likely N-dealkylation sites (tertiary alicyclic amines) is 1. The molecule has 0 bridgehead atoms. The molecular formula is C33H45N5O8S. The number of hydrogen-bond acceptors (Lipinski definition) is 10. The number of nitrogens with zero attached hydrogens (tertiary/aromatic N) is 5. The van der Waals surface area contributed by atoms with Crippen molar-refractivity contribution in [3.8, 4) is 0 Å². The number of aromatic nitrogens is 3. The van der Waals surface area contributed by atoms with Gasteiger partial charge in [0.05, 0.1) is 87.9 Å². The largest absolute Gasteiger partial charge is 0.379 e. The molecule has 0 unspecified atom stereocenters. The maximum Gasteiger partial charge on any atom is 0.241 e. The predicted octanol–water partition coefficient (Wildman–Crippen LogP) is 2.28. The molecule has 0 aliphatic carbocycles. The van der Waals surface area contributed by atoms with E-state index < -0.39 is 15.3 Å². The molecule has 0 radical (unpaired) electrons. The van der Waals surface area contributed by atoms with Gasteiger partial charge in [-0.2, -0.15) is 0 Å². The lowest BCUT2D eigenvalue weighted by atomic mass is 9.74. The van der Waals surface area contributed by atoms with Crippen LogP contribution in [0.2, 0.25) is 0 Å². The third-order valence-electron chi connectivity index (χ3n) is 8.49. The molecule has 14 heteroatoms. The van der Waals surface area contributed by atoms with Gasteiger partial charge in [0.25, 0.3) is 0 Å². The SMILES string of the molecule is CCOCCOCCOCCOCCC(=O)N1CC2(C1)C(=O)N(Cc1nc3cc(C)ccc3n1CCCS(C)(=O)=O)c1cnccc12. The van der Waals surface area contributed by atoms with Crippen molar-refractivity contribution >= 4 is 38.4 Å². The van der Waals surface area contributed by atoms with Gasteiger partial charge in [0.15, 0.2) is 0 Å². The molecule has 1 saturated heterocycles. The van der Waals surface area contributed by atoms with Crippen LogP contribution in [-0.4, -0.2) is 118 Å². The Morgan fingerprint density at radius 1 is 0.979 bits per heavy atom. The lowest BCUT2D eigenvalue weighted by molar-refractivity contribution is -0.145. The number of hydrogen-bond donors (Lipinski definition) is 0. The van der Waals surface area contributed by atoms with Crippen LogP contribution >= 0.6 is 0 Å². The number of aryl methyl sites for hydroxylation is 2. The molecule has 1 spiro atoms. The smallest absolute Gasteiger partial charge is 0.241 e. The molecular weight excluding hydrogens is 626 g/mol. The van der Waals surface area contributed by atoms with Crippen molar-refractivity contribution < 1.29 is 37.0 Å². The quantitative estimate of drug-likeness (QED) is 0.174. The molecule has 1 fully saturated rings. The number of pyridine rings is 1. The summed E-state index contributed by atoms with van der Waals surface area (Å²) in [6.45, 7) is 8.96. The van der Waals surface area contributed by atoms with E-state index in [9.17, 15) is 18.0 Å². The number of carbonyl (C=O) groups excluding carboxylic acids is 2. The molecule has 47 heavy (non-hydrogen) atoms. The first-order valence-corrected chi connectivity index (χ1v) is 18.2. The van der Waals surface area contributed by atoms with Crippen molar-refractivity contribution in [3.05, 3.63) is 53.6 Å². The Labute approximate surface area is 276 Å². The highest BCUT2D eigenvalue weighted by Crippen LogP contribution is 2.47. The summed E-state index contributed by atoms with van der Waals surface area (Å²) in [6.07, 6.45) is 5.24. The van der Waals surface area contributed by atoms with Crippen molar-refractivity contribution in [1.82, 2.24) is 19.4 Å². The van der Waals surface area contributed by atoms with Crippen LogP contribution in [0.25, 0.3) is 11.0 Å². The zero-order chi connectivity index (χ0) is 33.4. The summed E-state index contributed by atoms with van der Waals surface area (Å²) >= 11 is 0. The second kappa shape index (κ2) is 15.6. The highest BCUT2D eigenvalue weighted by Gasteiger charge is 2.59. The molecule has 0 atom stereocenters. The van der Waals surface area contributed by atoms with Crippen molar-refractivity contribution in [2.45, 2.75) is 45.2 Å². The van der Waals surface area contributed by atoms with Crippen LogP contribution in [0.3, 0.4) is 0 Å². The van der Waals surface area contributed by atoms with Gasteiger partial charge in [-0.3, -0.25) is 14.6 Å². The number of rotatable bonds is 19. The van der Waals surface area contributed by atoms with Crippen LogP contribution in [0, 0.1) is 6.92 Å². The highest BCUT2D eigenvalue weighted by atomic mass is 32.2. The zero-order valence-electron chi connectivity index (χ0n) is 27.5. The van der Waals surface area contributed by atoms with Gasteiger partial charge in [-0.05, 0) is 49.6 Å². The van der Waals surface area contributed by atoms with E-state index in [0.29, 0.717) is 70.7 Å². The molecule has 0 N–H and O–H groups in total. The van der Waals surface area contributed by atoms with Gasteiger partial charge in [0.1, 0.15) is 21.1 Å². The van der Waals surface area contributed by atoms with Gasteiger partial charge in [0, 0.05) is 38.7 Å². The van der Waals surface area contributed by atoms with Gasteiger partial charge in [-0.25, -0.2) is 13.4 Å². The second-order valence-corrected chi connectivity index (χ2v) is 14.3. The first kappa shape index (κ1) is 34.9. The third kappa shape index (κ3) is 8.36. The summed E-state index contributed by atoms with van der Waals surface area (Å²) < 4.78 is 47.3. The van der Waals surface area contributed by atoms with E-state index in [1.807, 2.05) is 42.7 Å². The second-order valence-electron chi connectivity index (χ2n) is 12.1. The summed E-state index contributed by atoms with van der Waals surface area (Å²) in [7, 11) is -3.12. The summed E-state index contributed by atoms with van der Waals surface area (Å²) in [5.74, 6) is 0.571. The van der Waals surface area contributed by atoms with E-state index in [1.165, 1.54) is 6.26 Å². The summed E-state index contributed by atoms with van der Waals surface area (Å²) in [4.78, 5) is 39.7. The molecule has 1 aromatic carbocycles. The molecule has 256 valence electrons. The third-order valence-corrected chi connectivity index (χ3v) is 9.53. The number of sulfone groups is 1. The van der Waals surface area contributed by atoms with Crippen LogP contribution < -0.4 is 4.90 Å². The number of carbonyl (C=O) groups is 2. The molecule has 5 rings (SSSR count). The maximum atomic E-state index is 14.1. The molecule has 4 heterocycles. The fraction of sp³-hybridized carbons (Fsp3) is 0.576. The van der Waals surface area contributed by atoms with E-state index in [-0.39, 0.29) is 50.2 Å². The minimum Gasteiger partial charge on any atom is -0.379 e. The predicted molar refractivity (Wildman–Crippen MR) is 176 cm³/mol. The Hall–Kier alpha value is -3.43. The van der Waals surface area contributed by atoms with Crippen LogP contribution in [-0.2, 0) is 56.9 Å². The number of fused-ring (bicyclic) bond motifs is 3. The minimum atomic E-state index is -3.12. The Morgan fingerprint density at radius 3 is 2.34 bits per heavy atom. The Kier molecular flexibility index (Phi) is 11.6. The van der Waals surface area contributed by atoms with Gasteiger partial charge >= 0.3 is 0 Å². The number of benzene rings is 1. The van der Waals surface area contributed by atoms with E-state index in [1.54, 1.807) is 22.2 Å². The topological polar surface area (TPSA) is 142 Å². The Balaban J connectivity index is 1.16. The lowest BCUT2D eigenvalue weighted by Crippen LogP contribution is -2.65. The number of imidazole rings is 1. The minimum absolute atomic E-state index is 0.0599. The average molecular weight is 672 g/mol. The molecule has 2 aromatic heterocycles. The van der Waals surface area contributed by atoms with Crippen molar-refractivity contribution in [2.75, 3.05) is 82.9 Å². The van der Waals surface area contributed by atoms with E-state index >= 15 is 0 Å². The Morgan fingerprint density at radius 2 is 1.66 bits per heavy atom. The van der Waals surface area contributed by atoms with Gasteiger partial charge < -0.3 is 33.3 Å². The monoisotopic (exact) mass is 671 g/mol. The summed E-state index contributed by atoms with van der Waals surface area (Å²) in [5.41, 5.74) is 3.47.